The molecule has 3 rings (SSSR count). The number of nitrogens with zero attached hydrogens (tertiary/aromatic N) is 2. The van der Waals surface area contributed by atoms with E-state index < -0.39 is 30.1 Å². The van der Waals surface area contributed by atoms with Gasteiger partial charge in [-0.2, -0.15) is 0 Å². The molecule has 2 heterocycles. The summed E-state index contributed by atoms with van der Waals surface area (Å²) in [6.07, 6.45) is -1.31. The molecule has 11 heteroatoms. The standard InChI is InChI=1S/C26H39N3O8/c1-7-36-26(32)23-22(37-23)24(30)27-18(14-16(2)3)25(31)29-12-10-28(11-13-29)15-17-8-9-19(33-4)21(35-6)20(17)34-5/h8-9,16,18,22-23H,7,10-15H2,1-6H3,(H,27,30)/t18?,22-,23-/m1/s1. The maximum atomic E-state index is 13.4. The van der Waals surface area contributed by atoms with E-state index in [2.05, 4.69) is 10.2 Å². The molecule has 11 nitrogen and oxygen atoms in total. The lowest BCUT2D eigenvalue weighted by Gasteiger charge is -2.37. The number of ether oxygens (including phenoxy) is 5. The van der Waals surface area contributed by atoms with Crippen LogP contribution in [0.15, 0.2) is 12.1 Å². The van der Waals surface area contributed by atoms with E-state index in [1.165, 1.54) is 0 Å². The monoisotopic (exact) mass is 521 g/mol. The lowest BCUT2D eigenvalue weighted by Crippen LogP contribution is -2.55. The van der Waals surface area contributed by atoms with Crippen molar-refractivity contribution in [1.82, 2.24) is 15.1 Å². The Hall–Kier alpha value is -3.05. The molecule has 0 aromatic heterocycles. The second kappa shape index (κ2) is 13.0. The summed E-state index contributed by atoms with van der Waals surface area (Å²) >= 11 is 0. The van der Waals surface area contributed by atoms with Crippen LogP contribution in [0.4, 0.5) is 0 Å². The molecule has 2 saturated heterocycles. The van der Waals surface area contributed by atoms with Crippen LogP contribution >= 0.6 is 0 Å². The largest absolute Gasteiger partial charge is 0.493 e. The fraction of sp³-hybridized carbons (Fsp3) is 0.654. The highest BCUT2D eigenvalue weighted by Crippen LogP contribution is 2.40. The summed E-state index contributed by atoms with van der Waals surface area (Å²) in [5, 5.41) is 2.81. The van der Waals surface area contributed by atoms with Gasteiger partial charge in [-0.15, -0.1) is 0 Å². The zero-order valence-corrected chi connectivity index (χ0v) is 22.6. The van der Waals surface area contributed by atoms with Crippen molar-refractivity contribution in [3.8, 4) is 17.2 Å². The normalized spacial score (nSPS) is 20.2. The van der Waals surface area contributed by atoms with Crippen molar-refractivity contribution >= 4 is 17.8 Å². The zero-order chi connectivity index (χ0) is 27.1. The number of epoxide rings is 1. The first-order chi connectivity index (χ1) is 17.7. The van der Waals surface area contributed by atoms with E-state index in [9.17, 15) is 14.4 Å². The number of rotatable bonds is 12. The number of amides is 2. The second-order valence-electron chi connectivity index (χ2n) is 9.51. The third kappa shape index (κ3) is 7.04. The number of carbonyl (C=O) groups is 3. The first kappa shape index (κ1) is 28.5. The molecule has 3 atom stereocenters. The van der Waals surface area contributed by atoms with Gasteiger partial charge in [0.25, 0.3) is 5.91 Å². The highest BCUT2D eigenvalue weighted by atomic mass is 16.6. The smallest absolute Gasteiger partial charge is 0.338 e. The number of methoxy groups -OCH3 is 3. The minimum atomic E-state index is -0.908. The van der Waals surface area contributed by atoms with E-state index in [-0.39, 0.29) is 18.4 Å². The Morgan fingerprint density at radius 3 is 2.24 bits per heavy atom. The molecule has 2 aliphatic rings. The van der Waals surface area contributed by atoms with Gasteiger partial charge in [0.15, 0.2) is 23.7 Å². The molecule has 37 heavy (non-hydrogen) atoms. The molecule has 0 saturated carbocycles. The molecule has 0 spiro atoms. The predicted octanol–water partition coefficient (Wildman–Crippen LogP) is 1.22. The number of hydrogen-bond donors (Lipinski definition) is 1. The van der Waals surface area contributed by atoms with Gasteiger partial charge in [-0.3, -0.25) is 14.5 Å². The molecular weight excluding hydrogens is 482 g/mol. The van der Waals surface area contributed by atoms with Crippen molar-refractivity contribution in [2.75, 3.05) is 54.1 Å². The van der Waals surface area contributed by atoms with Crippen LogP contribution in [-0.4, -0.2) is 99.9 Å². The number of piperazine rings is 1. The van der Waals surface area contributed by atoms with Crippen molar-refractivity contribution in [1.29, 1.82) is 0 Å². The lowest BCUT2D eigenvalue weighted by molar-refractivity contribution is -0.144. The molecule has 1 aromatic carbocycles. The summed E-state index contributed by atoms with van der Waals surface area (Å²) in [7, 11) is 4.76. The summed E-state index contributed by atoms with van der Waals surface area (Å²) in [5.74, 6) is 0.819. The molecule has 1 unspecified atom stereocenters. The fourth-order valence-electron chi connectivity index (χ4n) is 4.54. The van der Waals surface area contributed by atoms with Crippen LogP contribution in [-0.2, 0) is 30.4 Å². The Bertz CT molecular complexity index is 961. The van der Waals surface area contributed by atoms with Crippen LogP contribution in [0.2, 0.25) is 0 Å². The molecule has 0 bridgehead atoms. The van der Waals surface area contributed by atoms with Gasteiger partial charge in [-0.25, -0.2) is 4.79 Å². The summed E-state index contributed by atoms with van der Waals surface area (Å²) in [4.78, 5) is 41.9. The third-order valence-electron chi connectivity index (χ3n) is 6.45. The molecule has 2 aliphatic heterocycles. The Morgan fingerprint density at radius 1 is 1.00 bits per heavy atom. The number of carbonyl (C=O) groups excluding carboxylic acids is 3. The van der Waals surface area contributed by atoms with Crippen LogP contribution in [0.5, 0.6) is 17.2 Å². The molecule has 2 fully saturated rings. The first-order valence-electron chi connectivity index (χ1n) is 12.6. The van der Waals surface area contributed by atoms with Crippen molar-refractivity contribution in [2.45, 2.75) is 52.0 Å². The SMILES string of the molecule is CCOC(=O)[C@@H]1O[C@H]1C(=O)NC(CC(C)C)C(=O)N1CCN(Cc2ccc(OC)c(OC)c2OC)CC1. The van der Waals surface area contributed by atoms with Crippen LogP contribution in [0.3, 0.4) is 0 Å². The predicted molar refractivity (Wildman–Crippen MR) is 135 cm³/mol. The van der Waals surface area contributed by atoms with Gasteiger partial charge in [0.1, 0.15) is 6.04 Å². The van der Waals surface area contributed by atoms with E-state index in [1.54, 1.807) is 33.2 Å². The number of hydrogen-bond acceptors (Lipinski definition) is 9. The topological polar surface area (TPSA) is 119 Å². The van der Waals surface area contributed by atoms with Crippen molar-refractivity contribution < 1.29 is 38.1 Å². The maximum absolute atomic E-state index is 13.4. The Kier molecular flexibility index (Phi) is 9.99. The van der Waals surface area contributed by atoms with Crippen LogP contribution in [0, 0.1) is 5.92 Å². The Balaban J connectivity index is 1.58. The molecule has 0 radical (unpaired) electrons. The molecule has 2 amide bonds. The quantitative estimate of drug-likeness (QED) is 0.320. The first-order valence-corrected chi connectivity index (χ1v) is 12.6. The Morgan fingerprint density at radius 2 is 1.68 bits per heavy atom. The highest BCUT2D eigenvalue weighted by Gasteiger charge is 2.52. The molecule has 1 N–H and O–H groups in total. The zero-order valence-electron chi connectivity index (χ0n) is 22.6. The Labute approximate surface area is 218 Å². The summed E-state index contributed by atoms with van der Waals surface area (Å²) in [6.45, 7) is 8.93. The van der Waals surface area contributed by atoms with Crippen LogP contribution < -0.4 is 19.5 Å². The number of benzene rings is 1. The molecule has 0 aliphatic carbocycles. The van der Waals surface area contributed by atoms with Gasteiger partial charge in [-0.1, -0.05) is 19.9 Å². The minimum absolute atomic E-state index is 0.126. The van der Waals surface area contributed by atoms with E-state index in [0.717, 1.165) is 5.56 Å². The van der Waals surface area contributed by atoms with Gasteiger partial charge in [-0.05, 0) is 25.3 Å². The third-order valence-corrected chi connectivity index (χ3v) is 6.45. The second-order valence-corrected chi connectivity index (χ2v) is 9.51. The van der Waals surface area contributed by atoms with E-state index in [0.29, 0.717) is 56.4 Å². The van der Waals surface area contributed by atoms with Crippen LogP contribution in [0.25, 0.3) is 0 Å². The van der Waals surface area contributed by atoms with Gasteiger partial charge in [0.05, 0.1) is 27.9 Å². The van der Waals surface area contributed by atoms with E-state index in [1.807, 2.05) is 26.0 Å². The van der Waals surface area contributed by atoms with Crippen LogP contribution in [0.1, 0.15) is 32.8 Å². The fourth-order valence-corrected chi connectivity index (χ4v) is 4.54. The van der Waals surface area contributed by atoms with Gasteiger partial charge < -0.3 is 33.9 Å². The van der Waals surface area contributed by atoms with Crippen molar-refractivity contribution in [3.63, 3.8) is 0 Å². The lowest BCUT2D eigenvalue weighted by atomic mass is 10.0. The average molecular weight is 522 g/mol. The summed E-state index contributed by atoms with van der Waals surface area (Å²) in [5.41, 5.74) is 0.963. The summed E-state index contributed by atoms with van der Waals surface area (Å²) in [6, 6.07) is 3.12. The van der Waals surface area contributed by atoms with Gasteiger partial charge in [0.2, 0.25) is 11.7 Å². The summed E-state index contributed by atoms with van der Waals surface area (Å²) < 4.78 is 26.6. The maximum Gasteiger partial charge on any atom is 0.338 e. The van der Waals surface area contributed by atoms with Gasteiger partial charge in [0, 0.05) is 38.3 Å². The van der Waals surface area contributed by atoms with E-state index in [4.69, 9.17) is 23.7 Å². The number of nitrogens with one attached hydrogen (secondary N) is 1. The minimum Gasteiger partial charge on any atom is -0.493 e. The molecule has 1 aromatic rings. The molecule has 206 valence electrons. The molecular formula is C26H39N3O8. The van der Waals surface area contributed by atoms with E-state index >= 15 is 0 Å². The van der Waals surface area contributed by atoms with Crippen molar-refractivity contribution in [2.24, 2.45) is 5.92 Å². The highest BCUT2D eigenvalue weighted by molar-refractivity contribution is 5.95. The van der Waals surface area contributed by atoms with Crippen molar-refractivity contribution in [3.05, 3.63) is 17.7 Å². The average Bonchev–Trinajstić information content (AvgIpc) is 3.69. The number of esters is 1. The van der Waals surface area contributed by atoms with Gasteiger partial charge >= 0.3 is 5.97 Å².